The van der Waals surface area contributed by atoms with Gasteiger partial charge < -0.3 is 4.90 Å². The number of anilines is 1. The number of hydrogen-bond donors (Lipinski definition) is 0. The van der Waals surface area contributed by atoms with Crippen molar-refractivity contribution < 1.29 is 17.6 Å². The van der Waals surface area contributed by atoms with Crippen LogP contribution < -0.4 is 4.90 Å². The lowest BCUT2D eigenvalue weighted by Crippen LogP contribution is -2.39. The van der Waals surface area contributed by atoms with E-state index >= 15 is 0 Å². The third kappa shape index (κ3) is 7.38. The lowest BCUT2D eigenvalue weighted by molar-refractivity contribution is -0.116. The third-order valence-corrected chi connectivity index (χ3v) is 8.17. The first-order valence-electron chi connectivity index (χ1n) is 10.2. The molecule has 2 aromatic carbocycles. The summed E-state index contributed by atoms with van der Waals surface area (Å²) in [5.74, 6) is -0.229. The number of halogens is 2. The second-order valence-corrected chi connectivity index (χ2v) is 11.3. The Kier molecular flexibility index (Phi) is 10.1. The second kappa shape index (κ2) is 12.1. The van der Waals surface area contributed by atoms with Crippen LogP contribution in [0.4, 0.5) is 9.52 Å². The summed E-state index contributed by atoms with van der Waals surface area (Å²) in [7, 11) is -3.33. The number of hydrogen-bond acceptors (Lipinski definition) is 7. The van der Waals surface area contributed by atoms with Gasteiger partial charge in [-0.2, -0.15) is 0 Å². The number of benzene rings is 2. The zero-order chi connectivity index (χ0) is 23.3. The number of nitrogens with zero attached hydrogens (tertiary/aromatic N) is 3. The molecule has 6 nitrogen and oxygen atoms in total. The highest BCUT2D eigenvalue weighted by Crippen LogP contribution is 2.31. The molecular formula is C22H27ClFN3O3S3. The van der Waals surface area contributed by atoms with Crippen molar-refractivity contribution in [2.24, 2.45) is 0 Å². The Balaban J connectivity index is 0.00000385. The van der Waals surface area contributed by atoms with E-state index in [0.717, 1.165) is 22.7 Å². The summed E-state index contributed by atoms with van der Waals surface area (Å²) in [6.07, 6.45) is 1.17. The van der Waals surface area contributed by atoms with E-state index in [0.29, 0.717) is 23.7 Å². The largest absolute Gasteiger partial charge is 0.302 e. The maximum Gasteiger partial charge on any atom is 0.239 e. The summed E-state index contributed by atoms with van der Waals surface area (Å²) in [4.78, 5) is 22.7. The lowest BCUT2D eigenvalue weighted by Gasteiger charge is -2.24. The number of carbonyl (C=O) groups is 1. The molecule has 1 aromatic heterocycles. The molecule has 11 heteroatoms. The minimum atomic E-state index is -3.33. The van der Waals surface area contributed by atoms with E-state index in [9.17, 15) is 17.6 Å². The van der Waals surface area contributed by atoms with Crippen molar-refractivity contribution in [1.82, 2.24) is 9.88 Å². The standard InChI is InChI=1S/C22H26FN3O3S3.ClH/c1-4-25(5-2)12-13-26(21(27)15-30-17-8-6-16(23)7-9-17)22-24-19-11-10-18(32(3,28)29)14-20(19)31-22;/h6-11,14H,4-5,12-13,15H2,1-3H3;1H. The molecule has 3 rings (SSSR count). The van der Waals surface area contributed by atoms with E-state index in [1.807, 2.05) is 0 Å². The van der Waals surface area contributed by atoms with Crippen molar-refractivity contribution in [2.45, 2.75) is 23.6 Å². The van der Waals surface area contributed by atoms with Crippen molar-refractivity contribution in [1.29, 1.82) is 0 Å². The van der Waals surface area contributed by atoms with Crippen molar-refractivity contribution >= 4 is 66.6 Å². The van der Waals surface area contributed by atoms with Crippen LogP contribution >= 0.6 is 35.5 Å². The molecule has 0 N–H and O–H groups in total. The molecule has 33 heavy (non-hydrogen) atoms. The number of amides is 1. The van der Waals surface area contributed by atoms with E-state index in [1.165, 1.54) is 47.6 Å². The fourth-order valence-corrected chi connectivity index (χ4v) is 5.65. The average Bonchev–Trinajstić information content (AvgIpc) is 3.18. The smallest absolute Gasteiger partial charge is 0.239 e. The number of sulfone groups is 1. The Morgan fingerprint density at radius 1 is 1.09 bits per heavy atom. The minimum absolute atomic E-state index is 0. The first-order valence-corrected chi connectivity index (χ1v) is 13.9. The van der Waals surface area contributed by atoms with Crippen LogP contribution in [-0.2, 0) is 14.6 Å². The van der Waals surface area contributed by atoms with E-state index in [4.69, 9.17) is 0 Å². The number of fused-ring (bicyclic) bond motifs is 1. The molecule has 0 atom stereocenters. The molecule has 0 bridgehead atoms. The lowest BCUT2D eigenvalue weighted by atomic mass is 10.3. The highest BCUT2D eigenvalue weighted by molar-refractivity contribution is 8.00. The van der Waals surface area contributed by atoms with Gasteiger partial charge in [-0.15, -0.1) is 24.2 Å². The normalized spacial score (nSPS) is 11.5. The number of thiazole rings is 1. The molecule has 0 aliphatic carbocycles. The van der Waals surface area contributed by atoms with Gasteiger partial charge in [-0.1, -0.05) is 25.2 Å². The van der Waals surface area contributed by atoms with Gasteiger partial charge in [0.25, 0.3) is 0 Å². The molecule has 0 saturated heterocycles. The van der Waals surface area contributed by atoms with Gasteiger partial charge in [-0.3, -0.25) is 9.69 Å². The van der Waals surface area contributed by atoms with E-state index in [-0.39, 0.29) is 34.8 Å². The highest BCUT2D eigenvalue weighted by atomic mass is 35.5. The Hall–Kier alpha value is -1.72. The number of thioether (sulfide) groups is 1. The molecule has 1 amide bonds. The van der Waals surface area contributed by atoms with E-state index in [1.54, 1.807) is 29.2 Å². The van der Waals surface area contributed by atoms with Gasteiger partial charge in [0, 0.05) is 24.2 Å². The highest BCUT2D eigenvalue weighted by Gasteiger charge is 2.21. The van der Waals surface area contributed by atoms with E-state index < -0.39 is 9.84 Å². The van der Waals surface area contributed by atoms with Gasteiger partial charge in [0.1, 0.15) is 5.82 Å². The van der Waals surface area contributed by atoms with Crippen LogP contribution in [0, 0.1) is 5.82 Å². The van der Waals surface area contributed by atoms with Gasteiger partial charge in [0.15, 0.2) is 15.0 Å². The molecule has 0 saturated carbocycles. The summed E-state index contributed by atoms with van der Waals surface area (Å²) in [5.41, 5.74) is 0.657. The first kappa shape index (κ1) is 27.5. The molecule has 0 unspecified atom stereocenters. The van der Waals surface area contributed by atoms with Crippen molar-refractivity contribution in [3.8, 4) is 0 Å². The molecule has 0 fully saturated rings. The monoisotopic (exact) mass is 531 g/mol. The van der Waals surface area contributed by atoms with Gasteiger partial charge >= 0.3 is 0 Å². The summed E-state index contributed by atoms with van der Waals surface area (Å²) in [6, 6.07) is 10.9. The van der Waals surface area contributed by atoms with Gasteiger partial charge in [-0.05, 0) is 55.6 Å². The van der Waals surface area contributed by atoms with Crippen LogP contribution in [0.2, 0.25) is 0 Å². The van der Waals surface area contributed by atoms with Crippen LogP contribution in [0.1, 0.15) is 13.8 Å². The number of rotatable bonds is 10. The molecule has 0 spiro atoms. The molecular weight excluding hydrogens is 505 g/mol. The first-order chi connectivity index (χ1) is 15.2. The SMILES string of the molecule is CCN(CC)CCN(C(=O)CSc1ccc(F)cc1)c1nc2ccc(S(C)(=O)=O)cc2s1.Cl. The molecule has 180 valence electrons. The van der Waals surface area contributed by atoms with Crippen molar-refractivity contribution in [3.63, 3.8) is 0 Å². The van der Waals surface area contributed by atoms with Crippen LogP contribution in [0.15, 0.2) is 52.3 Å². The Labute approximate surface area is 208 Å². The zero-order valence-electron chi connectivity index (χ0n) is 18.7. The van der Waals surface area contributed by atoms with E-state index in [2.05, 4.69) is 23.7 Å². The van der Waals surface area contributed by atoms with Crippen LogP contribution in [0.25, 0.3) is 10.2 Å². The Morgan fingerprint density at radius 2 is 1.76 bits per heavy atom. The maximum atomic E-state index is 13.2. The molecule has 0 aliphatic heterocycles. The van der Waals surface area contributed by atoms with Gasteiger partial charge in [0.2, 0.25) is 5.91 Å². The van der Waals surface area contributed by atoms with Crippen molar-refractivity contribution in [2.75, 3.05) is 43.1 Å². The topological polar surface area (TPSA) is 70.6 Å². The van der Waals surface area contributed by atoms with Crippen LogP contribution in [0.5, 0.6) is 0 Å². The molecule has 1 heterocycles. The quantitative estimate of drug-likeness (QED) is 0.352. The average molecular weight is 532 g/mol. The number of carbonyl (C=O) groups excluding carboxylic acids is 1. The van der Waals surface area contributed by atoms with Crippen LogP contribution in [-0.4, -0.2) is 62.4 Å². The summed E-state index contributed by atoms with van der Waals surface area (Å²) < 4.78 is 37.7. The minimum Gasteiger partial charge on any atom is -0.302 e. The molecule has 0 aliphatic rings. The maximum absolute atomic E-state index is 13.2. The van der Waals surface area contributed by atoms with Gasteiger partial charge in [-0.25, -0.2) is 17.8 Å². The summed E-state index contributed by atoms with van der Waals surface area (Å²) in [6.45, 7) is 7.07. The van der Waals surface area contributed by atoms with Crippen LogP contribution in [0.3, 0.4) is 0 Å². The summed E-state index contributed by atoms with van der Waals surface area (Å²) >= 11 is 2.65. The Morgan fingerprint density at radius 3 is 2.36 bits per heavy atom. The number of likely N-dealkylation sites (N-methyl/N-ethyl adjacent to an activating group) is 1. The number of aromatic nitrogens is 1. The van der Waals surface area contributed by atoms with Gasteiger partial charge in [0.05, 0.1) is 20.9 Å². The zero-order valence-corrected chi connectivity index (χ0v) is 21.9. The Bertz CT molecular complexity index is 1180. The van der Waals surface area contributed by atoms with Crippen molar-refractivity contribution in [3.05, 3.63) is 48.3 Å². The molecule has 0 radical (unpaired) electrons. The third-order valence-electron chi connectivity index (χ3n) is 5.02. The molecule has 3 aromatic rings. The predicted molar refractivity (Wildman–Crippen MR) is 137 cm³/mol. The summed E-state index contributed by atoms with van der Waals surface area (Å²) in [5, 5.41) is 0.544. The fraction of sp³-hybridized carbons (Fsp3) is 0.364. The predicted octanol–water partition coefficient (Wildman–Crippen LogP) is 4.73. The second-order valence-electron chi connectivity index (χ2n) is 7.21. The fourth-order valence-electron chi connectivity index (χ4n) is 3.10.